The lowest BCUT2D eigenvalue weighted by atomic mass is 9.70. The monoisotopic (exact) mass is 757 g/mol. The van der Waals surface area contributed by atoms with E-state index in [2.05, 4.69) is 57.1 Å². The molecule has 17 atom stereocenters. The normalized spacial score (nSPS) is 44.6. The summed E-state index contributed by atoms with van der Waals surface area (Å²) >= 11 is 0. The van der Waals surface area contributed by atoms with Crippen LogP contribution in [0.15, 0.2) is 36.0 Å². The number of hydrogen-bond acceptors (Lipinski definition) is 11. The molecule has 0 unspecified atom stereocenters. The highest BCUT2D eigenvalue weighted by atomic mass is 16.7. The van der Waals surface area contributed by atoms with Crippen molar-refractivity contribution in [1.82, 2.24) is 4.90 Å². The third-order valence-corrected chi connectivity index (χ3v) is 13.3. The number of methoxy groups -OCH3 is 3. The average molecular weight is 758 g/mol. The standard InChI is InChI=1S/C43H67NO10/c1-10-11-13-28-14-12-15-36(54-38-19-18-35(44(5)6)25(3)50-38)24(2)39(46)34-22-32-30(33(34)23-37(45)52-28)17-16-27-20-29(21-31(27)32)53-43-42(49-9)41(48-8)40(47-7)26(4)51-43/h11,13,16-17,22,24-33,35-36,38,40-43H,10,12,14-15,18-21,23H2,1-9H3/b13-11+/t24-,25-,26+,27-,28+,29-,30-,31-,32-,33+,35+,36+,38+,40+,41-,42-,43+/m1/s1. The number of carbonyl (C=O) groups excluding carboxylic acids is 2. The molecular formula is C43H67NO10. The van der Waals surface area contributed by atoms with Gasteiger partial charge in [0, 0.05) is 39.2 Å². The Hall–Kier alpha value is -1.96. The number of nitrogens with zero attached hydrogens (tertiary/aromatic N) is 1. The molecule has 6 rings (SSSR count). The van der Waals surface area contributed by atoms with Gasteiger partial charge < -0.3 is 42.8 Å². The van der Waals surface area contributed by atoms with Crippen LogP contribution in [0.25, 0.3) is 0 Å². The maximum atomic E-state index is 14.7. The first-order chi connectivity index (χ1) is 26.0. The predicted molar refractivity (Wildman–Crippen MR) is 203 cm³/mol. The van der Waals surface area contributed by atoms with Gasteiger partial charge in [-0.15, -0.1) is 0 Å². The second-order valence-electron chi connectivity index (χ2n) is 16.8. The van der Waals surface area contributed by atoms with Crippen molar-refractivity contribution >= 4 is 11.8 Å². The van der Waals surface area contributed by atoms with E-state index in [1.807, 2.05) is 19.9 Å². The van der Waals surface area contributed by atoms with Gasteiger partial charge in [0.2, 0.25) is 0 Å². The topological polar surface area (TPSA) is 111 Å². The summed E-state index contributed by atoms with van der Waals surface area (Å²) in [5.41, 5.74) is 0.752. The number of cyclic esters (lactones) is 1. The number of Topliss-reactive ketones (excluding diaryl/α,β-unsaturated/α-hetero) is 1. The number of likely N-dealkylation sites (N-methyl/N-ethyl adjacent to an activating group) is 1. The van der Waals surface area contributed by atoms with E-state index in [1.54, 1.807) is 21.3 Å². The van der Waals surface area contributed by atoms with Crippen LogP contribution >= 0.6 is 0 Å². The number of ketones is 1. The molecule has 54 heavy (non-hydrogen) atoms. The molecule has 3 aliphatic heterocycles. The van der Waals surface area contributed by atoms with Crippen LogP contribution < -0.4 is 0 Å². The van der Waals surface area contributed by atoms with Gasteiger partial charge in [0.25, 0.3) is 0 Å². The minimum absolute atomic E-state index is 0.0270. The minimum Gasteiger partial charge on any atom is -0.458 e. The van der Waals surface area contributed by atoms with E-state index >= 15 is 0 Å². The van der Waals surface area contributed by atoms with Gasteiger partial charge in [-0.05, 0) is 115 Å². The Morgan fingerprint density at radius 3 is 2.30 bits per heavy atom. The van der Waals surface area contributed by atoms with Crippen molar-refractivity contribution in [2.45, 2.75) is 153 Å². The number of rotatable bonds is 10. The van der Waals surface area contributed by atoms with Crippen molar-refractivity contribution in [3.8, 4) is 0 Å². The van der Waals surface area contributed by atoms with Crippen LogP contribution in [0.2, 0.25) is 0 Å². The number of hydrogen-bond donors (Lipinski definition) is 0. The van der Waals surface area contributed by atoms with Crippen molar-refractivity contribution in [2.24, 2.45) is 35.5 Å². The van der Waals surface area contributed by atoms with Crippen LogP contribution in [-0.4, -0.2) is 120 Å². The van der Waals surface area contributed by atoms with Crippen LogP contribution in [0.3, 0.4) is 0 Å². The molecule has 0 aromatic carbocycles. The van der Waals surface area contributed by atoms with Gasteiger partial charge in [-0.1, -0.05) is 38.2 Å². The van der Waals surface area contributed by atoms with Gasteiger partial charge in [0.1, 0.15) is 24.4 Å². The third-order valence-electron chi connectivity index (χ3n) is 13.3. The lowest BCUT2D eigenvalue weighted by molar-refractivity contribution is -0.314. The van der Waals surface area contributed by atoms with Crippen molar-refractivity contribution in [3.05, 3.63) is 36.0 Å². The summed E-state index contributed by atoms with van der Waals surface area (Å²) < 4.78 is 49.7. The smallest absolute Gasteiger partial charge is 0.307 e. The van der Waals surface area contributed by atoms with E-state index < -0.39 is 12.4 Å². The molecule has 0 N–H and O–H groups in total. The molecule has 0 spiro atoms. The van der Waals surface area contributed by atoms with Gasteiger partial charge in [-0.2, -0.15) is 0 Å². The molecule has 0 amide bonds. The summed E-state index contributed by atoms with van der Waals surface area (Å²) in [6.45, 7) is 8.17. The van der Waals surface area contributed by atoms with E-state index in [4.69, 9.17) is 37.9 Å². The molecule has 3 saturated heterocycles. The number of allylic oxidation sites excluding steroid dienone is 5. The molecule has 0 aromatic heterocycles. The molecule has 3 aliphatic carbocycles. The van der Waals surface area contributed by atoms with Crippen LogP contribution in [0.1, 0.15) is 85.5 Å². The number of fused-ring (bicyclic) bond motifs is 5. The summed E-state index contributed by atoms with van der Waals surface area (Å²) in [7, 11) is 9.15. The second-order valence-corrected chi connectivity index (χ2v) is 16.8. The van der Waals surface area contributed by atoms with Crippen LogP contribution in [-0.2, 0) is 47.5 Å². The van der Waals surface area contributed by atoms with Gasteiger partial charge in [0.15, 0.2) is 18.4 Å². The van der Waals surface area contributed by atoms with Crippen molar-refractivity contribution in [3.63, 3.8) is 0 Å². The lowest BCUT2D eigenvalue weighted by Crippen LogP contribution is -2.59. The maximum Gasteiger partial charge on any atom is 0.307 e. The van der Waals surface area contributed by atoms with Crippen LogP contribution in [0.5, 0.6) is 0 Å². The van der Waals surface area contributed by atoms with Gasteiger partial charge in [-0.3, -0.25) is 9.59 Å². The number of carbonyl (C=O) groups is 2. The molecule has 304 valence electrons. The minimum atomic E-state index is -0.600. The molecule has 11 heteroatoms. The highest BCUT2D eigenvalue weighted by molar-refractivity contribution is 5.99. The van der Waals surface area contributed by atoms with Crippen molar-refractivity contribution < 1.29 is 47.5 Å². The molecule has 3 heterocycles. The zero-order valence-corrected chi connectivity index (χ0v) is 34.1. The zero-order chi connectivity index (χ0) is 38.7. The fraction of sp³-hybridized carbons (Fsp3) is 0.814. The van der Waals surface area contributed by atoms with Gasteiger partial charge in [0.05, 0.1) is 30.8 Å². The Kier molecular flexibility index (Phi) is 14.3. The van der Waals surface area contributed by atoms with E-state index in [9.17, 15) is 9.59 Å². The highest BCUT2D eigenvalue weighted by Crippen LogP contribution is 2.54. The quantitative estimate of drug-likeness (QED) is 0.192. The molecule has 0 bridgehead atoms. The summed E-state index contributed by atoms with van der Waals surface area (Å²) in [6, 6.07) is 0.330. The number of ether oxygens (including phenoxy) is 8. The predicted octanol–water partition coefficient (Wildman–Crippen LogP) is 6.04. The fourth-order valence-electron chi connectivity index (χ4n) is 10.5. The molecule has 4 fully saturated rings. The molecule has 0 aromatic rings. The molecule has 0 radical (unpaired) electrons. The molecule has 1 saturated carbocycles. The fourth-order valence-corrected chi connectivity index (χ4v) is 10.5. The average Bonchev–Trinajstić information content (AvgIpc) is 3.72. The van der Waals surface area contributed by atoms with Gasteiger partial charge >= 0.3 is 5.97 Å². The first-order valence-electron chi connectivity index (χ1n) is 20.6. The van der Waals surface area contributed by atoms with Crippen molar-refractivity contribution in [1.29, 1.82) is 0 Å². The zero-order valence-electron chi connectivity index (χ0n) is 34.1. The number of esters is 1. The summed E-state index contributed by atoms with van der Waals surface area (Å²) in [4.78, 5) is 30.6. The van der Waals surface area contributed by atoms with E-state index in [-0.39, 0.29) is 103 Å². The summed E-state index contributed by atoms with van der Waals surface area (Å²) in [6.07, 6.45) is 14.6. The van der Waals surface area contributed by atoms with Gasteiger partial charge in [-0.25, -0.2) is 0 Å². The molecular weight excluding hydrogens is 690 g/mol. The molecule has 6 aliphatic rings. The molecule has 11 nitrogen and oxygen atoms in total. The highest BCUT2D eigenvalue weighted by Gasteiger charge is 2.52. The van der Waals surface area contributed by atoms with Crippen LogP contribution in [0, 0.1) is 35.5 Å². The Morgan fingerprint density at radius 2 is 1.61 bits per heavy atom. The Morgan fingerprint density at radius 1 is 0.852 bits per heavy atom. The van der Waals surface area contributed by atoms with Crippen molar-refractivity contribution in [2.75, 3.05) is 35.4 Å². The van der Waals surface area contributed by atoms with Crippen LogP contribution in [0.4, 0.5) is 0 Å². The Bertz CT molecular complexity index is 1370. The SMILES string of the molecule is CC/C=C/[C@H]1CCC[C@H](O[C@H]2CC[C@H](N(C)C)[C@@H](C)O2)[C@@H](C)C(=O)C2=C[C@@H]3[C@@H](C=C[C@@H]4C[C@@H](O[C@@H]5O[C@@H](C)[C@H](OC)[C@@H](OC)[C@H]5OC)C[C@@H]34)[C@@H]2CC(=O)O1. The first kappa shape index (κ1) is 41.7. The largest absolute Gasteiger partial charge is 0.458 e. The second kappa shape index (κ2) is 18.5. The lowest BCUT2D eigenvalue weighted by Gasteiger charge is -2.44. The van der Waals surface area contributed by atoms with E-state index in [1.165, 1.54) is 0 Å². The van der Waals surface area contributed by atoms with E-state index in [0.29, 0.717) is 18.9 Å². The Labute approximate surface area is 323 Å². The van der Waals surface area contributed by atoms with E-state index in [0.717, 1.165) is 44.1 Å². The Balaban J connectivity index is 1.22. The third kappa shape index (κ3) is 8.94. The maximum absolute atomic E-state index is 14.7. The first-order valence-corrected chi connectivity index (χ1v) is 20.6. The summed E-state index contributed by atoms with van der Waals surface area (Å²) in [5.74, 6) is -0.122. The summed E-state index contributed by atoms with van der Waals surface area (Å²) in [5, 5.41) is 0.